The van der Waals surface area contributed by atoms with Crippen LogP contribution in [0.25, 0.3) is 0 Å². The van der Waals surface area contributed by atoms with Crippen LogP contribution < -0.4 is 0 Å². The van der Waals surface area contributed by atoms with Gasteiger partial charge in [-0.25, -0.2) is 0 Å². The third-order valence-electron chi connectivity index (χ3n) is 3.29. The third-order valence-corrected chi connectivity index (χ3v) is 3.29. The van der Waals surface area contributed by atoms with Gasteiger partial charge in [-0.1, -0.05) is 38.1 Å². The van der Waals surface area contributed by atoms with Crippen LogP contribution in [0.1, 0.15) is 30.9 Å². The summed E-state index contributed by atoms with van der Waals surface area (Å²) in [5.41, 5.74) is -7.49. The van der Waals surface area contributed by atoms with Crippen LogP contribution in [-0.4, -0.2) is 18.5 Å². The molecule has 22 heavy (non-hydrogen) atoms. The highest BCUT2D eigenvalue weighted by molar-refractivity contribution is 5.36. The van der Waals surface area contributed by atoms with Gasteiger partial charge in [0, 0.05) is 0 Å². The van der Waals surface area contributed by atoms with Crippen LogP contribution in [0, 0.1) is 0 Å². The summed E-state index contributed by atoms with van der Waals surface area (Å²) in [6, 6.07) is 2.11. The smallest absolute Gasteiger partial charge is 0.169 e. The van der Waals surface area contributed by atoms with Gasteiger partial charge in [0.05, 0.1) is 0 Å². The molecule has 1 rings (SSSR count). The van der Waals surface area contributed by atoms with Crippen molar-refractivity contribution in [1.82, 2.24) is 0 Å². The lowest BCUT2D eigenvalue weighted by Gasteiger charge is -2.39. The number of benzene rings is 1. The summed E-state index contributed by atoms with van der Waals surface area (Å²) in [5, 5.41) is 0. The van der Waals surface area contributed by atoms with Crippen LogP contribution in [0.5, 0.6) is 0 Å². The fourth-order valence-electron chi connectivity index (χ4n) is 2.09. The highest BCUT2D eigenvalue weighted by Gasteiger charge is 2.84. The van der Waals surface area contributed by atoms with Crippen LogP contribution in [-0.2, 0) is 5.41 Å². The van der Waals surface area contributed by atoms with Crippen molar-refractivity contribution in [2.75, 3.05) is 0 Å². The SMILES string of the molecule is CC(C)c1ccc(C(C(F)(F)F)(C(F)(F)F)C(F)(F)F)cc1. The number of hydrogen-bond acceptors (Lipinski definition) is 0. The van der Waals surface area contributed by atoms with Gasteiger partial charge >= 0.3 is 18.5 Å². The fraction of sp³-hybridized carbons (Fsp3) is 0.538. The quantitative estimate of drug-likeness (QED) is 0.604. The Balaban J connectivity index is 3.71. The van der Waals surface area contributed by atoms with Gasteiger partial charge in [-0.15, -0.1) is 0 Å². The topological polar surface area (TPSA) is 0 Å². The summed E-state index contributed by atoms with van der Waals surface area (Å²) < 4.78 is 116. The number of alkyl halides is 9. The molecule has 126 valence electrons. The fourth-order valence-corrected chi connectivity index (χ4v) is 2.09. The van der Waals surface area contributed by atoms with Gasteiger partial charge in [-0.2, -0.15) is 39.5 Å². The summed E-state index contributed by atoms with van der Waals surface area (Å²) in [4.78, 5) is 0. The van der Waals surface area contributed by atoms with Crippen molar-refractivity contribution in [3.63, 3.8) is 0 Å². The predicted molar refractivity (Wildman–Crippen MR) is 60.4 cm³/mol. The minimum Gasteiger partial charge on any atom is -0.169 e. The monoisotopic (exact) mass is 338 g/mol. The van der Waals surface area contributed by atoms with Crippen molar-refractivity contribution in [3.05, 3.63) is 35.4 Å². The van der Waals surface area contributed by atoms with Gasteiger partial charge in [0.2, 0.25) is 0 Å². The first-order chi connectivity index (χ1) is 9.66. The zero-order valence-corrected chi connectivity index (χ0v) is 11.3. The molecule has 1 aromatic carbocycles. The minimum absolute atomic E-state index is 0.226. The molecule has 0 spiro atoms. The Kier molecular flexibility index (Phi) is 4.53. The number of rotatable bonds is 2. The van der Waals surface area contributed by atoms with E-state index in [9.17, 15) is 39.5 Å². The third kappa shape index (κ3) is 2.77. The van der Waals surface area contributed by atoms with Crippen LogP contribution in [0.4, 0.5) is 39.5 Å². The summed E-state index contributed by atoms with van der Waals surface area (Å²) >= 11 is 0. The Morgan fingerprint density at radius 1 is 0.636 bits per heavy atom. The summed E-state index contributed by atoms with van der Waals surface area (Å²) in [7, 11) is 0. The van der Waals surface area contributed by atoms with Crippen LogP contribution in [0.15, 0.2) is 24.3 Å². The van der Waals surface area contributed by atoms with Crippen molar-refractivity contribution in [2.45, 2.75) is 43.7 Å². The predicted octanol–water partition coefficient (Wildman–Crippen LogP) is 5.73. The summed E-state index contributed by atoms with van der Waals surface area (Å²) in [5.74, 6) is -0.258. The van der Waals surface area contributed by atoms with E-state index in [-0.39, 0.29) is 18.1 Å². The van der Waals surface area contributed by atoms with Crippen LogP contribution in [0.3, 0.4) is 0 Å². The Hall–Kier alpha value is -1.41. The Morgan fingerprint density at radius 3 is 1.18 bits per heavy atom. The van der Waals surface area contributed by atoms with E-state index in [4.69, 9.17) is 0 Å². The maximum atomic E-state index is 12.9. The average Bonchev–Trinajstić information content (AvgIpc) is 2.23. The van der Waals surface area contributed by atoms with Gasteiger partial charge in [0.15, 0.2) is 0 Å². The van der Waals surface area contributed by atoms with E-state index in [1.807, 2.05) is 0 Å². The first-order valence-corrected chi connectivity index (χ1v) is 5.97. The lowest BCUT2D eigenvalue weighted by molar-refractivity contribution is -0.387. The second-order valence-electron chi connectivity index (χ2n) is 5.02. The van der Waals surface area contributed by atoms with E-state index in [1.54, 1.807) is 13.8 Å². The molecule has 0 aromatic heterocycles. The van der Waals surface area contributed by atoms with Gasteiger partial charge in [0.1, 0.15) is 0 Å². The van der Waals surface area contributed by atoms with Crippen molar-refractivity contribution in [3.8, 4) is 0 Å². The molecule has 0 nitrogen and oxygen atoms in total. The van der Waals surface area contributed by atoms with Crippen molar-refractivity contribution >= 4 is 0 Å². The normalized spacial score (nSPS) is 14.5. The van der Waals surface area contributed by atoms with E-state index in [1.165, 1.54) is 0 Å². The molecular formula is C13H11F9. The summed E-state index contributed by atoms with van der Waals surface area (Å²) in [6.07, 6.45) is -19.7. The minimum atomic E-state index is -6.58. The standard InChI is InChI=1S/C13H11F9/c1-7(2)8-3-5-9(6-4-8)10(11(14,15)16,12(17,18)19)13(20,21)22/h3-7H,1-2H3. The van der Waals surface area contributed by atoms with E-state index in [0.717, 1.165) is 12.1 Å². The first-order valence-electron chi connectivity index (χ1n) is 5.97. The van der Waals surface area contributed by atoms with Gasteiger partial charge in [-0.3, -0.25) is 0 Å². The molecule has 0 N–H and O–H groups in total. The average molecular weight is 338 g/mol. The Morgan fingerprint density at radius 2 is 0.955 bits per heavy atom. The highest BCUT2D eigenvalue weighted by atomic mass is 19.4. The molecule has 0 aliphatic rings. The van der Waals surface area contributed by atoms with Gasteiger partial charge in [0.25, 0.3) is 5.41 Å². The highest BCUT2D eigenvalue weighted by Crippen LogP contribution is 2.60. The maximum absolute atomic E-state index is 12.9. The van der Waals surface area contributed by atoms with Crippen molar-refractivity contribution in [1.29, 1.82) is 0 Å². The first kappa shape index (κ1) is 18.6. The molecule has 0 aliphatic carbocycles. The zero-order valence-electron chi connectivity index (χ0n) is 11.3. The molecule has 0 atom stereocenters. The lowest BCUT2D eigenvalue weighted by Crippen LogP contribution is -2.63. The molecule has 0 unspecified atom stereocenters. The molecule has 0 amide bonds. The van der Waals surface area contributed by atoms with E-state index >= 15 is 0 Å². The summed E-state index contributed by atoms with van der Waals surface area (Å²) in [6.45, 7) is 3.19. The molecule has 0 heterocycles. The Bertz CT molecular complexity index is 466. The Labute approximate surface area is 119 Å². The van der Waals surface area contributed by atoms with Crippen LogP contribution >= 0.6 is 0 Å². The molecule has 0 aliphatic heterocycles. The van der Waals surface area contributed by atoms with Crippen molar-refractivity contribution < 1.29 is 39.5 Å². The molecule has 0 radical (unpaired) electrons. The molecule has 0 saturated carbocycles. The van der Waals surface area contributed by atoms with E-state index in [0.29, 0.717) is 5.56 Å². The van der Waals surface area contributed by atoms with E-state index in [2.05, 4.69) is 0 Å². The molecule has 1 aromatic rings. The second-order valence-corrected chi connectivity index (χ2v) is 5.02. The molecule has 0 fully saturated rings. The molecule has 9 heteroatoms. The molecule has 0 bridgehead atoms. The van der Waals surface area contributed by atoms with Crippen molar-refractivity contribution in [2.24, 2.45) is 0 Å². The van der Waals surface area contributed by atoms with Gasteiger partial charge in [-0.05, 0) is 17.0 Å². The van der Waals surface area contributed by atoms with E-state index < -0.39 is 29.5 Å². The van der Waals surface area contributed by atoms with Crippen LogP contribution in [0.2, 0.25) is 0 Å². The largest absolute Gasteiger partial charge is 0.416 e. The zero-order chi connectivity index (χ0) is 17.6. The number of hydrogen-bond donors (Lipinski definition) is 0. The second kappa shape index (κ2) is 5.34. The molecule has 0 saturated heterocycles. The molecular weight excluding hydrogens is 327 g/mol. The lowest BCUT2D eigenvalue weighted by atomic mass is 9.77. The maximum Gasteiger partial charge on any atom is 0.416 e. The number of halogens is 9. The van der Waals surface area contributed by atoms with Gasteiger partial charge < -0.3 is 0 Å².